The molecule has 1 aromatic rings. The van der Waals surface area contributed by atoms with Crippen LogP contribution in [-0.4, -0.2) is 41.6 Å². The zero-order valence-electron chi connectivity index (χ0n) is 20.9. The maximum absolute atomic E-state index is 13.5. The Labute approximate surface area is 216 Å². The number of amides is 2. The van der Waals surface area contributed by atoms with E-state index < -0.39 is 5.97 Å². The van der Waals surface area contributed by atoms with Crippen molar-refractivity contribution in [2.75, 3.05) is 6.61 Å². The lowest BCUT2D eigenvalue weighted by Crippen LogP contribution is -2.40. The highest BCUT2D eigenvalue weighted by Crippen LogP contribution is 2.61. The van der Waals surface area contributed by atoms with Crippen molar-refractivity contribution in [3.05, 3.63) is 52.6 Å². The molecule has 4 aliphatic rings. The fourth-order valence-electron chi connectivity index (χ4n) is 6.17. The highest BCUT2D eigenvalue weighted by atomic mass is 16.5. The Morgan fingerprint density at radius 2 is 1.97 bits per heavy atom. The number of carbonyl (C=O) groups is 3. The smallest absolute Gasteiger partial charge is 0.303 e. The van der Waals surface area contributed by atoms with Gasteiger partial charge < -0.3 is 20.5 Å². The van der Waals surface area contributed by atoms with E-state index in [0.717, 1.165) is 42.6 Å². The third-order valence-corrected chi connectivity index (χ3v) is 8.35. The predicted molar refractivity (Wildman–Crippen MR) is 136 cm³/mol. The number of aliphatic carboxylic acids is 1. The monoisotopic (exact) mass is 503 g/mol. The first-order valence-electron chi connectivity index (χ1n) is 13.3. The summed E-state index contributed by atoms with van der Waals surface area (Å²) in [5.74, 6) is -0.492. The molecule has 0 saturated heterocycles. The number of fused-ring (bicyclic) bond motifs is 2. The second-order valence-corrected chi connectivity index (χ2v) is 10.7. The molecule has 0 bridgehead atoms. The molecule has 5 rings (SSSR count). The van der Waals surface area contributed by atoms with Gasteiger partial charge in [0.05, 0.1) is 18.7 Å². The fraction of sp³-hybridized carbons (Fsp3) is 0.517. The summed E-state index contributed by atoms with van der Waals surface area (Å²) >= 11 is 0. The summed E-state index contributed by atoms with van der Waals surface area (Å²) in [5, 5.41) is 24.7. The molecular weight excluding hydrogens is 470 g/mol. The molecule has 2 unspecified atom stereocenters. The largest absolute Gasteiger partial charge is 0.493 e. The second-order valence-electron chi connectivity index (χ2n) is 10.7. The Kier molecular flexibility index (Phi) is 7.05. The van der Waals surface area contributed by atoms with Gasteiger partial charge in [-0.25, -0.2) is 0 Å². The Bertz CT molecular complexity index is 1210. The number of ether oxygens (including phenoxy) is 1. The molecule has 1 aliphatic heterocycles. The average Bonchev–Trinajstić information content (AvgIpc) is 3.37. The highest BCUT2D eigenvalue weighted by Gasteiger charge is 2.61. The molecule has 2 fully saturated rings. The third kappa shape index (κ3) is 5.27. The summed E-state index contributed by atoms with van der Waals surface area (Å²) in [6.45, 7) is 0.523. The summed E-state index contributed by atoms with van der Waals surface area (Å²) in [6, 6.07) is 7.64. The van der Waals surface area contributed by atoms with Gasteiger partial charge in [0.2, 0.25) is 5.91 Å². The Morgan fingerprint density at radius 3 is 2.73 bits per heavy atom. The van der Waals surface area contributed by atoms with Crippen LogP contribution in [0.1, 0.15) is 80.1 Å². The molecule has 0 radical (unpaired) electrons. The van der Waals surface area contributed by atoms with E-state index >= 15 is 0 Å². The zero-order valence-corrected chi connectivity index (χ0v) is 20.9. The molecule has 8 nitrogen and oxygen atoms in total. The van der Waals surface area contributed by atoms with Gasteiger partial charge in [0.1, 0.15) is 5.75 Å². The number of nitrogens with one attached hydrogen (secondary N) is 2. The summed E-state index contributed by atoms with van der Waals surface area (Å²) in [6.07, 6.45) is 10.8. The van der Waals surface area contributed by atoms with Gasteiger partial charge in [0.15, 0.2) is 0 Å². The predicted octanol–water partition coefficient (Wildman–Crippen LogP) is 3.92. The topological polar surface area (TPSA) is 129 Å². The SMILES string of the molecule is N#CC1=CC=C(CCCC(=O)O)C(NC(=O)[C@@H]2CC23CCOc2ccc(C(=O)NC4CCCC4)cc23)C1. The molecule has 1 heterocycles. The molecule has 3 atom stereocenters. The zero-order chi connectivity index (χ0) is 26.0. The minimum Gasteiger partial charge on any atom is -0.493 e. The molecule has 2 saturated carbocycles. The number of nitriles is 1. The highest BCUT2D eigenvalue weighted by molar-refractivity contribution is 5.95. The van der Waals surface area contributed by atoms with E-state index in [1.807, 2.05) is 18.2 Å². The molecule has 3 aliphatic carbocycles. The van der Waals surface area contributed by atoms with E-state index in [4.69, 9.17) is 9.84 Å². The van der Waals surface area contributed by atoms with Crippen LogP contribution in [0.3, 0.4) is 0 Å². The lowest BCUT2D eigenvalue weighted by Gasteiger charge is -2.29. The summed E-state index contributed by atoms with van der Waals surface area (Å²) < 4.78 is 5.89. The number of benzene rings is 1. The number of carboxylic acids is 1. The summed E-state index contributed by atoms with van der Waals surface area (Å²) in [7, 11) is 0. The quantitative estimate of drug-likeness (QED) is 0.493. The average molecular weight is 504 g/mol. The van der Waals surface area contributed by atoms with Crippen LogP contribution in [0.25, 0.3) is 0 Å². The first kappa shape index (κ1) is 25.1. The van der Waals surface area contributed by atoms with E-state index in [9.17, 15) is 19.6 Å². The Balaban J connectivity index is 1.29. The molecule has 1 spiro atoms. The van der Waals surface area contributed by atoms with Crippen molar-refractivity contribution in [3.63, 3.8) is 0 Å². The third-order valence-electron chi connectivity index (χ3n) is 8.35. The van der Waals surface area contributed by atoms with Gasteiger partial charge in [-0.3, -0.25) is 14.4 Å². The van der Waals surface area contributed by atoms with E-state index in [1.165, 1.54) is 0 Å². The van der Waals surface area contributed by atoms with Crippen molar-refractivity contribution >= 4 is 17.8 Å². The van der Waals surface area contributed by atoms with Gasteiger partial charge >= 0.3 is 5.97 Å². The van der Waals surface area contributed by atoms with E-state index in [2.05, 4.69) is 16.7 Å². The van der Waals surface area contributed by atoms with Gasteiger partial charge in [-0.05, 0) is 68.4 Å². The van der Waals surface area contributed by atoms with Crippen LogP contribution in [0.15, 0.2) is 41.5 Å². The van der Waals surface area contributed by atoms with E-state index in [1.54, 1.807) is 12.1 Å². The van der Waals surface area contributed by atoms with Crippen molar-refractivity contribution in [2.45, 2.75) is 81.7 Å². The molecule has 2 amide bonds. The van der Waals surface area contributed by atoms with Crippen molar-refractivity contribution in [1.82, 2.24) is 10.6 Å². The molecule has 8 heteroatoms. The molecule has 3 N–H and O–H groups in total. The lowest BCUT2D eigenvalue weighted by molar-refractivity contribution is -0.137. The fourth-order valence-corrected chi connectivity index (χ4v) is 6.17. The standard InChI is InChI=1S/C29H33N3O5/c30-17-18-8-9-19(4-3-7-26(33)34)24(14-18)32-28(36)23-16-29(23)12-13-37-25-11-10-20(15-22(25)29)27(35)31-21-5-1-2-6-21/h8-11,15,21,23-24H,1-7,12-14,16H2,(H,31,35)(H,32,36)(H,33,34)/t23-,24?,29?/m0/s1. The number of carbonyl (C=O) groups excluding carboxylic acids is 2. The molecular formula is C29H33N3O5. The van der Waals surface area contributed by atoms with Crippen LogP contribution in [-0.2, 0) is 15.0 Å². The summed E-state index contributed by atoms with van der Waals surface area (Å²) in [5.41, 5.74) is 2.71. The van der Waals surface area contributed by atoms with E-state index in [0.29, 0.717) is 49.8 Å². The lowest BCUT2D eigenvalue weighted by atomic mass is 9.85. The first-order chi connectivity index (χ1) is 17.9. The number of hydrogen-bond donors (Lipinski definition) is 3. The number of allylic oxidation sites excluding steroid dienone is 2. The minimum absolute atomic E-state index is 0.0615. The molecule has 194 valence electrons. The van der Waals surface area contributed by atoms with Crippen LogP contribution in [0.2, 0.25) is 0 Å². The van der Waals surface area contributed by atoms with E-state index in [-0.39, 0.29) is 41.7 Å². The maximum Gasteiger partial charge on any atom is 0.303 e. The molecule has 0 aromatic heterocycles. The molecule has 37 heavy (non-hydrogen) atoms. The van der Waals surface area contributed by atoms with Crippen LogP contribution >= 0.6 is 0 Å². The van der Waals surface area contributed by atoms with Crippen LogP contribution in [0.5, 0.6) is 5.75 Å². The van der Waals surface area contributed by atoms with Crippen molar-refractivity contribution in [1.29, 1.82) is 5.26 Å². The number of hydrogen-bond acceptors (Lipinski definition) is 5. The van der Waals surface area contributed by atoms with Gasteiger partial charge in [0.25, 0.3) is 5.91 Å². The van der Waals surface area contributed by atoms with Crippen LogP contribution in [0.4, 0.5) is 0 Å². The van der Waals surface area contributed by atoms with Crippen LogP contribution in [0, 0.1) is 17.2 Å². The van der Waals surface area contributed by atoms with Crippen molar-refractivity contribution < 1.29 is 24.2 Å². The van der Waals surface area contributed by atoms with Gasteiger partial charge in [-0.1, -0.05) is 18.9 Å². The van der Waals surface area contributed by atoms with Crippen molar-refractivity contribution in [2.24, 2.45) is 5.92 Å². The number of rotatable bonds is 8. The van der Waals surface area contributed by atoms with Crippen molar-refractivity contribution in [3.8, 4) is 11.8 Å². The second kappa shape index (κ2) is 10.4. The Morgan fingerprint density at radius 1 is 1.16 bits per heavy atom. The van der Waals surface area contributed by atoms with Gasteiger partial charge in [-0.2, -0.15) is 5.26 Å². The van der Waals surface area contributed by atoms with Gasteiger partial charge in [0, 0.05) is 46.9 Å². The Hall–Kier alpha value is -3.60. The minimum atomic E-state index is -0.848. The maximum atomic E-state index is 13.5. The summed E-state index contributed by atoms with van der Waals surface area (Å²) in [4.78, 5) is 37.3. The normalized spacial score (nSPS) is 26.2. The number of carboxylic acid groups (broad SMARTS) is 1. The van der Waals surface area contributed by atoms with Gasteiger partial charge in [-0.15, -0.1) is 0 Å². The number of nitrogens with zero attached hydrogens (tertiary/aromatic N) is 1. The first-order valence-corrected chi connectivity index (χ1v) is 13.3. The molecule has 1 aromatic carbocycles. The van der Waals surface area contributed by atoms with Crippen LogP contribution < -0.4 is 15.4 Å².